The summed E-state index contributed by atoms with van der Waals surface area (Å²) in [7, 11) is 3.54. The average Bonchev–Trinajstić information content (AvgIpc) is 3.04. The van der Waals surface area contributed by atoms with Gasteiger partial charge >= 0.3 is 6.03 Å². The summed E-state index contributed by atoms with van der Waals surface area (Å²) in [6.45, 7) is 3.45. The molecule has 0 N–H and O–H groups in total. The van der Waals surface area contributed by atoms with Crippen molar-refractivity contribution in [3.05, 3.63) is 35.7 Å². The first-order chi connectivity index (χ1) is 11.0. The molecule has 6 nitrogen and oxygen atoms in total. The highest BCUT2D eigenvalue weighted by Crippen LogP contribution is 2.28. The van der Waals surface area contributed by atoms with Crippen LogP contribution in [0, 0.1) is 6.92 Å². The fourth-order valence-electron chi connectivity index (χ4n) is 2.94. The number of hydrogen-bond donors (Lipinski definition) is 0. The Bertz CT molecular complexity index is 695. The first-order valence-electron chi connectivity index (χ1n) is 7.91. The Morgan fingerprint density at radius 2 is 2.22 bits per heavy atom. The van der Waals surface area contributed by atoms with E-state index >= 15 is 0 Å². The average molecular weight is 314 g/mol. The SMILES string of the molecule is Cc1cccc(-c2noc(C3CCCN(C(=O)N(C)C)C3)n2)c1. The Balaban J connectivity index is 1.76. The van der Waals surface area contributed by atoms with Crippen LogP contribution in [-0.2, 0) is 0 Å². The maximum atomic E-state index is 12.1. The normalized spacial score (nSPS) is 18.0. The van der Waals surface area contributed by atoms with Crippen molar-refractivity contribution in [3.8, 4) is 11.4 Å². The highest BCUT2D eigenvalue weighted by Gasteiger charge is 2.29. The van der Waals surface area contributed by atoms with Gasteiger partial charge in [-0.25, -0.2) is 4.79 Å². The molecule has 1 fully saturated rings. The molecule has 1 unspecified atom stereocenters. The van der Waals surface area contributed by atoms with Crippen molar-refractivity contribution in [3.63, 3.8) is 0 Å². The zero-order chi connectivity index (χ0) is 16.4. The molecule has 1 saturated heterocycles. The van der Waals surface area contributed by atoms with Gasteiger partial charge in [0.1, 0.15) is 0 Å². The molecule has 0 bridgehead atoms. The summed E-state index contributed by atoms with van der Waals surface area (Å²) >= 11 is 0. The fourth-order valence-corrected chi connectivity index (χ4v) is 2.94. The lowest BCUT2D eigenvalue weighted by atomic mass is 9.98. The van der Waals surface area contributed by atoms with Crippen molar-refractivity contribution in [2.75, 3.05) is 27.2 Å². The highest BCUT2D eigenvalue weighted by atomic mass is 16.5. The molecule has 0 saturated carbocycles. The van der Waals surface area contributed by atoms with E-state index in [9.17, 15) is 4.79 Å². The van der Waals surface area contributed by atoms with Crippen molar-refractivity contribution in [2.24, 2.45) is 0 Å². The second kappa shape index (κ2) is 6.40. The fraction of sp³-hybridized carbons (Fsp3) is 0.471. The standard InChI is InChI=1S/C17H22N4O2/c1-12-6-4-7-13(10-12)15-18-16(23-19-15)14-8-5-9-21(11-14)17(22)20(2)3/h4,6-7,10,14H,5,8-9,11H2,1-3H3. The molecule has 2 aromatic rings. The summed E-state index contributed by atoms with van der Waals surface area (Å²) in [6.07, 6.45) is 1.92. The third kappa shape index (κ3) is 3.36. The molecule has 122 valence electrons. The van der Waals surface area contributed by atoms with Gasteiger partial charge in [0.15, 0.2) is 0 Å². The van der Waals surface area contributed by atoms with Crippen LogP contribution in [0.25, 0.3) is 11.4 Å². The Hall–Kier alpha value is -2.37. The maximum Gasteiger partial charge on any atom is 0.319 e. The van der Waals surface area contributed by atoms with Crippen LogP contribution in [0.4, 0.5) is 4.79 Å². The van der Waals surface area contributed by atoms with E-state index in [0.717, 1.165) is 30.5 Å². The number of aromatic nitrogens is 2. The van der Waals surface area contributed by atoms with E-state index in [1.807, 2.05) is 36.1 Å². The molecule has 6 heteroatoms. The van der Waals surface area contributed by atoms with Crippen LogP contribution in [0.5, 0.6) is 0 Å². The number of likely N-dealkylation sites (tertiary alicyclic amines) is 1. The third-order valence-electron chi connectivity index (χ3n) is 4.14. The maximum absolute atomic E-state index is 12.1. The van der Waals surface area contributed by atoms with Crippen molar-refractivity contribution in [2.45, 2.75) is 25.7 Å². The monoisotopic (exact) mass is 314 g/mol. The summed E-state index contributed by atoms with van der Waals surface area (Å²) in [6, 6.07) is 8.07. The van der Waals surface area contributed by atoms with Crippen molar-refractivity contribution >= 4 is 6.03 Å². The van der Waals surface area contributed by atoms with Gasteiger partial charge in [0.05, 0.1) is 5.92 Å². The quantitative estimate of drug-likeness (QED) is 0.855. The van der Waals surface area contributed by atoms with E-state index in [4.69, 9.17) is 4.52 Å². The number of piperidine rings is 1. The van der Waals surface area contributed by atoms with Crippen LogP contribution in [0.2, 0.25) is 0 Å². The predicted octanol–water partition coefficient (Wildman–Crippen LogP) is 2.91. The van der Waals surface area contributed by atoms with Crippen LogP contribution in [0.3, 0.4) is 0 Å². The molecule has 2 amide bonds. The zero-order valence-corrected chi connectivity index (χ0v) is 13.8. The molecular weight excluding hydrogens is 292 g/mol. The lowest BCUT2D eigenvalue weighted by Gasteiger charge is -2.32. The molecule has 1 aromatic carbocycles. The minimum absolute atomic E-state index is 0.0353. The van der Waals surface area contributed by atoms with Gasteiger partial charge in [-0.05, 0) is 25.8 Å². The van der Waals surface area contributed by atoms with E-state index in [1.165, 1.54) is 0 Å². The smallest absolute Gasteiger partial charge is 0.319 e. The number of carbonyl (C=O) groups excluding carboxylic acids is 1. The van der Waals surface area contributed by atoms with Crippen LogP contribution in [0.15, 0.2) is 28.8 Å². The Kier molecular flexibility index (Phi) is 4.32. The van der Waals surface area contributed by atoms with Gasteiger partial charge in [-0.15, -0.1) is 0 Å². The molecule has 23 heavy (non-hydrogen) atoms. The summed E-state index contributed by atoms with van der Waals surface area (Å²) in [5.41, 5.74) is 2.12. The Labute approximate surface area is 136 Å². The predicted molar refractivity (Wildman–Crippen MR) is 87.1 cm³/mol. The summed E-state index contributed by atoms with van der Waals surface area (Å²) in [4.78, 5) is 20.1. The second-order valence-electron chi connectivity index (χ2n) is 6.29. The molecule has 3 rings (SSSR count). The number of benzene rings is 1. The highest BCUT2D eigenvalue weighted by molar-refractivity contribution is 5.74. The van der Waals surface area contributed by atoms with E-state index < -0.39 is 0 Å². The summed E-state index contributed by atoms with van der Waals surface area (Å²) in [5.74, 6) is 1.34. The number of hydrogen-bond acceptors (Lipinski definition) is 4. The number of amides is 2. The molecule has 0 spiro atoms. The lowest BCUT2D eigenvalue weighted by Crippen LogP contribution is -2.44. The Morgan fingerprint density at radius 3 is 2.96 bits per heavy atom. The van der Waals surface area contributed by atoms with Gasteiger partial charge in [0.25, 0.3) is 0 Å². The summed E-state index contributed by atoms with van der Waals surface area (Å²) < 4.78 is 5.47. The van der Waals surface area contributed by atoms with Gasteiger partial charge in [-0.1, -0.05) is 28.9 Å². The number of urea groups is 1. The van der Waals surface area contributed by atoms with E-state index in [-0.39, 0.29) is 11.9 Å². The van der Waals surface area contributed by atoms with Crippen molar-refractivity contribution < 1.29 is 9.32 Å². The van der Waals surface area contributed by atoms with Crippen LogP contribution >= 0.6 is 0 Å². The molecular formula is C17H22N4O2. The molecule has 1 aliphatic rings. The molecule has 0 radical (unpaired) electrons. The van der Waals surface area contributed by atoms with E-state index in [2.05, 4.69) is 10.1 Å². The summed E-state index contributed by atoms with van der Waals surface area (Å²) in [5, 5.41) is 4.11. The van der Waals surface area contributed by atoms with E-state index in [1.54, 1.807) is 19.0 Å². The van der Waals surface area contributed by atoms with Crippen LogP contribution in [0.1, 0.15) is 30.2 Å². The molecule has 2 heterocycles. The van der Waals surface area contributed by atoms with E-state index in [0.29, 0.717) is 18.3 Å². The Morgan fingerprint density at radius 1 is 1.39 bits per heavy atom. The zero-order valence-electron chi connectivity index (χ0n) is 13.8. The number of nitrogens with zero attached hydrogens (tertiary/aromatic N) is 4. The van der Waals surface area contributed by atoms with Crippen LogP contribution < -0.4 is 0 Å². The van der Waals surface area contributed by atoms with Gasteiger partial charge in [0.2, 0.25) is 11.7 Å². The van der Waals surface area contributed by atoms with Gasteiger partial charge in [0, 0.05) is 32.7 Å². The van der Waals surface area contributed by atoms with Gasteiger partial charge < -0.3 is 14.3 Å². The van der Waals surface area contributed by atoms with Crippen LogP contribution in [-0.4, -0.2) is 53.2 Å². The van der Waals surface area contributed by atoms with Gasteiger partial charge in [-0.3, -0.25) is 0 Å². The minimum atomic E-state index is 0.0353. The first-order valence-corrected chi connectivity index (χ1v) is 7.91. The van der Waals surface area contributed by atoms with Gasteiger partial charge in [-0.2, -0.15) is 4.98 Å². The number of carbonyl (C=O) groups is 1. The largest absolute Gasteiger partial charge is 0.339 e. The number of rotatable bonds is 2. The topological polar surface area (TPSA) is 62.5 Å². The van der Waals surface area contributed by atoms with Crippen molar-refractivity contribution in [1.29, 1.82) is 0 Å². The van der Waals surface area contributed by atoms with Crippen molar-refractivity contribution in [1.82, 2.24) is 19.9 Å². The molecule has 0 aliphatic carbocycles. The number of aryl methyl sites for hydroxylation is 1. The second-order valence-corrected chi connectivity index (χ2v) is 6.29. The molecule has 1 aromatic heterocycles. The minimum Gasteiger partial charge on any atom is -0.339 e. The molecule has 1 atom stereocenters. The third-order valence-corrected chi connectivity index (χ3v) is 4.14. The first kappa shape index (κ1) is 15.5. The molecule has 1 aliphatic heterocycles. The lowest BCUT2D eigenvalue weighted by molar-refractivity contribution is 0.149.